The molecule has 3 aromatic rings. The maximum Gasteiger partial charge on any atom is 0.274 e. The van der Waals surface area contributed by atoms with Gasteiger partial charge in [-0.2, -0.15) is 0 Å². The maximum atomic E-state index is 12.7. The number of nitro benzene ring substituents is 1. The second-order valence-corrected chi connectivity index (χ2v) is 7.36. The molecule has 0 radical (unpaired) electrons. The molecule has 0 spiro atoms. The third-order valence-electron chi connectivity index (χ3n) is 4.93. The summed E-state index contributed by atoms with van der Waals surface area (Å²) in [5, 5.41) is 21.7. The molecule has 166 valence electrons. The number of nitrogens with zero attached hydrogens (tertiary/aromatic N) is 3. The van der Waals surface area contributed by atoms with E-state index in [4.69, 9.17) is 16.3 Å². The van der Waals surface area contributed by atoms with Crippen LogP contribution in [0, 0.1) is 10.1 Å². The fourth-order valence-electron chi connectivity index (χ4n) is 3.39. The topological polar surface area (TPSA) is 122 Å². The van der Waals surface area contributed by atoms with Crippen molar-refractivity contribution < 1.29 is 24.4 Å². The normalized spacial score (nSPS) is 13.0. The minimum atomic E-state index is -0.608. The average Bonchev–Trinajstić information content (AvgIpc) is 3.05. The van der Waals surface area contributed by atoms with E-state index >= 15 is 0 Å². The standard InChI is InChI=1S/C23H16ClN3O6/c1-2-33-20-11-15(27(31)32)9-13(21(20)28)12-25-19-8-7-14(10-18(19)24)26-22(29)16-5-3-4-6-17(16)23(26)30/h3-12,28H,2H2,1H3. The summed E-state index contributed by atoms with van der Waals surface area (Å²) < 4.78 is 5.25. The molecule has 3 aromatic carbocycles. The molecule has 0 atom stereocenters. The van der Waals surface area contributed by atoms with Crippen LogP contribution >= 0.6 is 11.6 Å². The SMILES string of the molecule is CCOc1cc([N+](=O)[O-])cc(C=Nc2ccc(N3C(=O)c4ccccc4C3=O)cc2Cl)c1O. The van der Waals surface area contributed by atoms with Crippen molar-refractivity contribution in [2.45, 2.75) is 6.92 Å². The van der Waals surface area contributed by atoms with Gasteiger partial charge in [-0.3, -0.25) is 24.7 Å². The van der Waals surface area contributed by atoms with Gasteiger partial charge < -0.3 is 9.84 Å². The molecule has 1 aliphatic heterocycles. The first-order chi connectivity index (χ1) is 15.8. The monoisotopic (exact) mass is 465 g/mol. The molecule has 1 aliphatic rings. The number of halogens is 1. The fourth-order valence-corrected chi connectivity index (χ4v) is 3.61. The highest BCUT2D eigenvalue weighted by atomic mass is 35.5. The number of benzene rings is 3. The molecule has 1 N–H and O–H groups in total. The van der Waals surface area contributed by atoms with E-state index in [0.717, 1.165) is 17.0 Å². The summed E-state index contributed by atoms with van der Waals surface area (Å²) in [6.45, 7) is 1.89. The Hall–Kier alpha value is -4.24. The third kappa shape index (κ3) is 4.01. The molecule has 9 nitrogen and oxygen atoms in total. The first-order valence-corrected chi connectivity index (χ1v) is 10.1. The molecule has 4 rings (SSSR count). The van der Waals surface area contributed by atoms with E-state index in [2.05, 4.69) is 4.99 Å². The number of non-ortho nitro benzene ring substituents is 1. The number of anilines is 1. The number of carbonyl (C=O) groups is 2. The van der Waals surface area contributed by atoms with Crippen LogP contribution < -0.4 is 9.64 Å². The largest absolute Gasteiger partial charge is 0.504 e. The number of amides is 2. The molecule has 0 aliphatic carbocycles. The molecule has 0 saturated heterocycles. The van der Waals surface area contributed by atoms with Crippen molar-refractivity contribution in [2.75, 3.05) is 11.5 Å². The summed E-state index contributed by atoms with van der Waals surface area (Å²) in [6, 6.07) is 13.2. The zero-order valence-electron chi connectivity index (χ0n) is 17.2. The van der Waals surface area contributed by atoms with Crippen LogP contribution in [0.3, 0.4) is 0 Å². The lowest BCUT2D eigenvalue weighted by Gasteiger charge is -2.14. The molecule has 1 heterocycles. The number of phenolic OH excluding ortho intramolecular Hbond substituents is 1. The number of hydrogen-bond donors (Lipinski definition) is 1. The van der Waals surface area contributed by atoms with E-state index in [1.54, 1.807) is 31.2 Å². The molecule has 10 heteroatoms. The van der Waals surface area contributed by atoms with Gasteiger partial charge in [0.05, 0.1) is 45.1 Å². The number of aliphatic imine (C=N–C) groups is 1. The van der Waals surface area contributed by atoms with Crippen LogP contribution in [0.1, 0.15) is 33.2 Å². The van der Waals surface area contributed by atoms with Gasteiger partial charge in [0.25, 0.3) is 17.5 Å². The molecule has 0 aromatic heterocycles. The quantitative estimate of drug-likeness (QED) is 0.239. The Morgan fingerprint density at radius 1 is 1.12 bits per heavy atom. The lowest BCUT2D eigenvalue weighted by Crippen LogP contribution is -2.29. The van der Waals surface area contributed by atoms with Crippen molar-refractivity contribution in [1.29, 1.82) is 0 Å². The molecule has 33 heavy (non-hydrogen) atoms. The molecular weight excluding hydrogens is 450 g/mol. The summed E-state index contributed by atoms with van der Waals surface area (Å²) in [7, 11) is 0. The molecule has 0 unspecified atom stereocenters. The van der Waals surface area contributed by atoms with Crippen LogP contribution in [-0.2, 0) is 0 Å². The van der Waals surface area contributed by atoms with E-state index in [9.17, 15) is 24.8 Å². The highest BCUT2D eigenvalue weighted by Crippen LogP contribution is 2.36. The Balaban J connectivity index is 1.65. The van der Waals surface area contributed by atoms with Crippen molar-refractivity contribution in [1.82, 2.24) is 0 Å². The Morgan fingerprint density at radius 2 is 1.79 bits per heavy atom. The number of carbonyl (C=O) groups excluding carboxylic acids is 2. The van der Waals surface area contributed by atoms with Crippen molar-refractivity contribution in [2.24, 2.45) is 4.99 Å². The van der Waals surface area contributed by atoms with Gasteiger partial charge in [-0.05, 0) is 37.3 Å². The predicted molar refractivity (Wildman–Crippen MR) is 122 cm³/mol. The third-order valence-corrected chi connectivity index (χ3v) is 5.23. The summed E-state index contributed by atoms with van der Waals surface area (Å²) in [5.41, 5.74) is 0.958. The molecule has 2 amide bonds. The number of aromatic hydroxyl groups is 1. The van der Waals surface area contributed by atoms with E-state index in [0.29, 0.717) is 11.1 Å². The zero-order valence-corrected chi connectivity index (χ0v) is 17.9. The first-order valence-electron chi connectivity index (χ1n) is 9.77. The molecular formula is C23H16ClN3O6. The number of fused-ring (bicyclic) bond motifs is 1. The van der Waals surface area contributed by atoms with Crippen molar-refractivity contribution in [3.8, 4) is 11.5 Å². The van der Waals surface area contributed by atoms with E-state index in [-0.39, 0.29) is 45.8 Å². The average molecular weight is 466 g/mol. The Bertz CT molecular complexity index is 1300. The Labute approximate surface area is 192 Å². The summed E-state index contributed by atoms with van der Waals surface area (Å²) in [6.07, 6.45) is 1.22. The molecule has 0 saturated carbocycles. The van der Waals surface area contributed by atoms with E-state index in [1.807, 2.05) is 0 Å². The number of phenols is 1. The van der Waals surface area contributed by atoms with Crippen LogP contribution in [0.15, 0.2) is 59.6 Å². The zero-order chi connectivity index (χ0) is 23.7. The smallest absolute Gasteiger partial charge is 0.274 e. The fraction of sp³-hybridized carbons (Fsp3) is 0.0870. The summed E-state index contributed by atoms with van der Waals surface area (Å²) >= 11 is 6.32. The minimum Gasteiger partial charge on any atom is -0.504 e. The van der Waals surface area contributed by atoms with Gasteiger partial charge in [0, 0.05) is 17.8 Å². The van der Waals surface area contributed by atoms with Crippen molar-refractivity contribution >= 4 is 46.7 Å². The van der Waals surface area contributed by atoms with Crippen LogP contribution in [0.5, 0.6) is 11.5 Å². The van der Waals surface area contributed by atoms with Crippen molar-refractivity contribution in [3.05, 3.63) is 86.4 Å². The van der Waals surface area contributed by atoms with Gasteiger partial charge in [-0.1, -0.05) is 23.7 Å². The van der Waals surface area contributed by atoms with Gasteiger partial charge in [-0.25, -0.2) is 4.90 Å². The first kappa shape index (κ1) is 22.0. The highest BCUT2D eigenvalue weighted by molar-refractivity contribution is 6.36. The van der Waals surface area contributed by atoms with Gasteiger partial charge >= 0.3 is 0 Å². The minimum absolute atomic E-state index is 0.0415. The van der Waals surface area contributed by atoms with Crippen LogP contribution in [-0.4, -0.2) is 34.7 Å². The molecule has 0 fully saturated rings. The molecule has 0 bridgehead atoms. The van der Waals surface area contributed by atoms with Gasteiger partial charge in [-0.15, -0.1) is 0 Å². The number of imide groups is 1. The number of hydrogen-bond acceptors (Lipinski definition) is 7. The number of rotatable bonds is 6. The summed E-state index contributed by atoms with van der Waals surface area (Å²) in [5.74, 6) is -1.24. The second-order valence-electron chi connectivity index (χ2n) is 6.96. The second kappa shape index (κ2) is 8.71. The van der Waals surface area contributed by atoms with Gasteiger partial charge in [0.1, 0.15) is 0 Å². The predicted octanol–water partition coefficient (Wildman–Crippen LogP) is 4.90. The number of nitro groups is 1. The summed E-state index contributed by atoms with van der Waals surface area (Å²) in [4.78, 5) is 41.1. The van der Waals surface area contributed by atoms with Crippen LogP contribution in [0.2, 0.25) is 5.02 Å². The van der Waals surface area contributed by atoms with Gasteiger partial charge in [0.15, 0.2) is 11.5 Å². The Morgan fingerprint density at radius 3 is 2.36 bits per heavy atom. The Kier molecular flexibility index (Phi) is 5.80. The lowest BCUT2D eigenvalue weighted by atomic mass is 10.1. The highest BCUT2D eigenvalue weighted by Gasteiger charge is 2.36. The van der Waals surface area contributed by atoms with Crippen LogP contribution in [0.4, 0.5) is 17.1 Å². The van der Waals surface area contributed by atoms with E-state index < -0.39 is 16.7 Å². The van der Waals surface area contributed by atoms with Crippen molar-refractivity contribution in [3.63, 3.8) is 0 Å². The van der Waals surface area contributed by atoms with E-state index in [1.165, 1.54) is 24.4 Å². The van der Waals surface area contributed by atoms with Crippen LogP contribution in [0.25, 0.3) is 0 Å². The maximum absolute atomic E-state index is 12.7. The van der Waals surface area contributed by atoms with Gasteiger partial charge in [0.2, 0.25) is 0 Å². The lowest BCUT2D eigenvalue weighted by molar-refractivity contribution is -0.385. The number of ether oxygens (including phenoxy) is 1.